The third kappa shape index (κ3) is 3.87. The molecule has 4 heteroatoms. The second-order valence-corrected chi connectivity index (χ2v) is 3.16. The number of thiocarbonyl (C=S) groups is 1. The molecule has 0 amide bonds. The SMILES string of the molecule is CC(N)NC(=S)Nc1ccccc1. The highest BCUT2D eigenvalue weighted by Gasteiger charge is 1.97. The lowest BCUT2D eigenvalue weighted by Crippen LogP contribution is -2.41. The van der Waals surface area contributed by atoms with Crippen LogP contribution in [0.5, 0.6) is 0 Å². The maximum Gasteiger partial charge on any atom is 0.171 e. The Hall–Kier alpha value is -1.13. The number of para-hydroxylation sites is 1. The van der Waals surface area contributed by atoms with Crippen molar-refractivity contribution in [1.29, 1.82) is 0 Å². The van der Waals surface area contributed by atoms with Gasteiger partial charge < -0.3 is 16.4 Å². The van der Waals surface area contributed by atoms with Crippen LogP contribution in [-0.4, -0.2) is 11.3 Å². The van der Waals surface area contributed by atoms with Crippen molar-refractivity contribution >= 4 is 23.0 Å². The second kappa shape index (κ2) is 4.79. The fourth-order valence-electron chi connectivity index (χ4n) is 0.895. The van der Waals surface area contributed by atoms with E-state index >= 15 is 0 Å². The van der Waals surface area contributed by atoms with Gasteiger partial charge in [-0.05, 0) is 31.3 Å². The number of benzene rings is 1. The van der Waals surface area contributed by atoms with E-state index in [2.05, 4.69) is 10.6 Å². The average molecular weight is 195 g/mol. The molecular weight excluding hydrogens is 182 g/mol. The van der Waals surface area contributed by atoms with Gasteiger partial charge in [0.2, 0.25) is 0 Å². The Bertz CT molecular complexity index is 271. The Morgan fingerprint density at radius 3 is 2.54 bits per heavy atom. The lowest BCUT2D eigenvalue weighted by molar-refractivity contribution is 0.703. The molecule has 1 rings (SSSR count). The Morgan fingerprint density at radius 1 is 1.38 bits per heavy atom. The summed E-state index contributed by atoms with van der Waals surface area (Å²) >= 11 is 5.01. The molecule has 0 bridgehead atoms. The molecule has 0 radical (unpaired) electrons. The van der Waals surface area contributed by atoms with Crippen molar-refractivity contribution in [1.82, 2.24) is 5.32 Å². The lowest BCUT2D eigenvalue weighted by atomic mass is 10.3. The van der Waals surface area contributed by atoms with Gasteiger partial charge in [0, 0.05) is 5.69 Å². The standard InChI is InChI=1S/C9H13N3S/c1-7(10)11-9(13)12-8-5-3-2-4-6-8/h2-7H,10H2,1H3,(H2,11,12,13). The molecule has 0 fully saturated rings. The van der Waals surface area contributed by atoms with Gasteiger partial charge in [0.25, 0.3) is 0 Å². The van der Waals surface area contributed by atoms with E-state index in [0.29, 0.717) is 5.11 Å². The molecule has 1 aromatic carbocycles. The van der Waals surface area contributed by atoms with Gasteiger partial charge in [-0.15, -0.1) is 0 Å². The minimum Gasteiger partial charge on any atom is -0.348 e. The van der Waals surface area contributed by atoms with Gasteiger partial charge in [-0.1, -0.05) is 18.2 Å². The second-order valence-electron chi connectivity index (χ2n) is 2.75. The van der Waals surface area contributed by atoms with E-state index in [0.717, 1.165) is 5.69 Å². The van der Waals surface area contributed by atoms with Crippen molar-refractivity contribution in [2.75, 3.05) is 5.32 Å². The van der Waals surface area contributed by atoms with Crippen molar-refractivity contribution < 1.29 is 0 Å². The number of rotatable bonds is 2. The summed E-state index contributed by atoms with van der Waals surface area (Å²) in [6.07, 6.45) is -0.135. The van der Waals surface area contributed by atoms with Crippen molar-refractivity contribution in [3.05, 3.63) is 30.3 Å². The topological polar surface area (TPSA) is 50.1 Å². The first kappa shape index (κ1) is 9.95. The molecule has 4 N–H and O–H groups in total. The van der Waals surface area contributed by atoms with E-state index in [1.165, 1.54) is 0 Å². The van der Waals surface area contributed by atoms with Gasteiger partial charge in [0.05, 0.1) is 6.17 Å². The molecule has 1 unspecified atom stereocenters. The molecule has 1 aromatic rings. The lowest BCUT2D eigenvalue weighted by Gasteiger charge is -2.12. The van der Waals surface area contributed by atoms with Crippen LogP contribution in [0.15, 0.2) is 30.3 Å². The fourth-order valence-corrected chi connectivity index (χ4v) is 1.20. The van der Waals surface area contributed by atoms with Crippen LogP contribution < -0.4 is 16.4 Å². The zero-order valence-electron chi connectivity index (χ0n) is 7.45. The Labute approximate surface area is 83.3 Å². The summed E-state index contributed by atoms with van der Waals surface area (Å²) in [6, 6.07) is 9.71. The van der Waals surface area contributed by atoms with Gasteiger partial charge in [-0.25, -0.2) is 0 Å². The highest BCUT2D eigenvalue weighted by atomic mass is 32.1. The predicted octanol–water partition coefficient (Wildman–Crippen LogP) is 1.28. The van der Waals surface area contributed by atoms with E-state index in [9.17, 15) is 0 Å². The molecule has 0 aliphatic carbocycles. The highest BCUT2D eigenvalue weighted by molar-refractivity contribution is 7.80. The normalized spacial score (nSPS) is 11.8. The zero-order chi connectivity index (χ0) is 9.68. The monoisotopic (exact) mass is 195 g/mol. The van der Waals surface area contributed by atoms with E-state index in [-0.39, 0.29) is 6.17 Å². The summed E-state index contributed by atoms with van der Waals surface area (Å²) in [4.78, 5) is 0. The summed E-state index contributed by atoms with van der Waals surface area (Å²) in [5.74, 6) is 0. The summed E-state index contributed by atoms with van der Waals surface area (Å²) in [7, 11) is 0. The molecule has 0 saturated carbocycles. The molecule has 3 nitrogen and oxygen atoms in total. The van der Waals surface area contributed by atoms with Crippen LogP contribution >= 0.6 is 12.2 Å². The fraction of sp³-hybridized carbons (Fsp3) is 0.222. The van der Waals surface area contributed by atoms with E-state index < -0.39 is 0 Å². The van der Waals surface area contributed by atoms with Crippen LogP contribution in [0, 0.1) is 0 Å². The number of nitrogens with two attached hydrogens (primary N) is 1. The summed E-state index contributed by atoms with van der Waals surface area (Å²) in [6.45, 7) is 1.83. The third-order valence-corrected chi connectivity index (χ3v) is 1.61. The molecular formula is C9H13N3S. The van der Waals surface area contributed by atoms with Gasteiger partial charge in [-0.2, -0.15) is 0 Å². The first-order valence-corrected chi connectivity index (χ1v) is 4.47. The first-order chi connectivity index (χ1) is 6.18. The molecule has 0 aromatic heterocycles. The van der Waals surface area contributed by atoms with Crippen molar-refractivity contribution in [2.45, 2.75) is 13.1 Å². The van der Waals surface area contributed by atoms with Crippen molar-refractivity contribution in [2.24, 2.45) is 5.73 Å². The van der Waals surface area contributed by atoms with Crippen molar-refractivity contribution in [3.8, 4) is 0 Å². The highest BCUT2D eigenvalue weighted by Crippen LogP contribution is 2.04. The largest absolute Gasteiger partial charge is 0.348 e. The van der Waals surface area contributed by atoms with Crippen molar-refractivity contribution in [3.63, 3.8) is 0 Å². The van der Waals surface area contributed by atoms with Gasteiger partial charge in [0.15, 0.2) is 5.11 Å². The number of nitrogens with one attached hydrogen (secondary N) is 2. The summed E-state index contributed by atoms with van der Waals surface area (Å²) in [5.41, 5.74) is 6.47. The van der Waals surface area contributed by atoms with Crippen LogP contribution in [0.2, 0.25) is 0 Å². The zero-order valence-corrected chi connectivity index (χ0v) is 8.27. The Balaban J connectivity index is 2.46. The van der Waals surface area contributed by atoms with Gasteiger partial charge in [0.1, 0.15) is 0 Å². The van der Waals surface area contributed by atoms with E-state index in [1.54, 1.807) is 0 Å². The number of anilines is 1. The molecule has 1 atom stereocenters. The summed E-state index contributed by atoms with van der Waals surface area (Å²) in [5, 5.41) is 6.45. The molecule has 0 spiro atoms. The molecule has 13 heavy (non-hydrogen) atoms. The molecule has 0 saturated heterocycles. The third-order valence-electron chi connectivity index (χ3n) is 1.39. The maximum atomic E-state index is 5.51. The van der Waals surface area contributed by atoms with Crippen LogP contribution in [-0.2, 0) is 0 Å². The predicted molar refractivity (Wildman–Crippen MR) is 59.4 cm³/mol. The first-order valence-electron chi connectivity index (χ1n) is 4.06. The number of hydrogen-bond donors (Lipinski definition) is 3. The Morgan fingerprint density at radius 2 is 2.00 bits per heavy atom. The molecule has 0 heterocycles. The molecule has 0 aliphatic rings. The summed E-state index contributed by atoms with van der Waals surface area (Å²) < 4.78 is 0. The average Bonchev–Trinajstić information content (AvgIpc) is 2.04. The van der Waals surface area contributed by atoms with Crippen LogP contribution in [0.25, 0.3) is 0 Å². The van der Waals surface area contributed by atoms with E-state index in [1.807, 2.05) is 37.3 Å². The molecule has 0 aliphatic heterocycles. The quantitative estimate of drug-likeness (QED) is 0.491. The van der Waals surface area contributed by atoms with E-state index in [4.69, 9.17) is 18.0 Å². The van der Waals surface area contributed by atoms with Gasteiger partial charge in [-0.3, -0.25) is 0 Å². The van der Waals surface area contributed by atoms with Crippen LogP contribution in [0.3, 0.4) is 0 Å². The maximum absolute atomic E-state index is 5.51. The van der Waals surface area contributed by atoms with Gasteiger partial charge >= 0.3 is 0 Å². The Kier molecular flexibility index (Phi) is 3.67. The minimum absolute atomic E-state index is 0.135. The van der Waals surface area contributed by atoms with Crippen LogP contribution in [0.1, 0.15) is 6.92 Å². The van der Waals surface area contributed by atoms with Crippen LogP contribution in [0.4, 0.5) is 5.69 Å². The minimum atomic E-state index is -0.135. The smallest absolute Gasteiger partial charge is 0.171 e. The molecule has 70 valence electrons. The number of hydrogen-bond acceptors (Lipinski definition) is 2.